The van der Waals surface area contributed by atoms with Crippen molar-refractivity contribution in [3.05, 3.63) is 35.4 Å². The second-order valence-corrected chi connectivity index (χ2v) is 5.94. The largest absolute Gasteiger partial charge is 0.353 e. The van der Waals surface area contributed by atoms with E-state index < -0.39 is 0 Å². The first-order valence-corrected chi connectivity index (χ1v) is 7.28. The smallest absolute Gasteiger partial charge is 0.191 e. The molecule has 0 spiro atoms. The van der Waals surface area contributed by atoms with Gasteiger partial charge in [0.25, 0.3) is 0 Å². The van der Waals surface area contributed by atoms with Crippen molar-refractivity contribution in [2.75, 3.05) is 21.1 Å². The van der Waals surface area contributed by atoms with Gasteiger partial charge in [0.1, 0.15) is 0 Å². The third-order valence-corrected chi connectivity index (χ3v) is 3.64. The molecule has 0 saturated heterocycles. The minimum atomic E-state index is 0.601. The maximum absolute atomic E-state index is 4.26. The van der Waals surface area contributed by atoms with E-state index >= 15 is 0 Å². The van der Waals surface area contributed by atoms with Crippen LogP contribution >= 0.6 is 0 Å². The number of hydrogen-bond donors (Lipinski definition) is 2. The van der Waals surface area contributed by atoms with E-state index in [1.54, 1.807) is 0 Å². The summed E-state index contributed by atoms with van der Waals surface area (Å²) >= 11 is 0. The summed E-state index contributed by atoms with van der Waals surface area (Å²) in [4.78, 5) is 6.44. The van der Waals surface area contributed by atoms with Crippen LogP contribution in [0.15, 0.2) is 29.3 Å². The topological polar surface area (TPSA) is 39.7 Å². The SMILES string of the molecule is CN=C(NCc1ccc(CN(C)C)cc1)NC1CC1C. The van der Waals surface area contributed by atoms with Gasteiger partial charge in [0.05, 0.1) is 0 Å². The highest BCUT2D eigenvalue weighted by molar-refractivity contribution is 5.80. The average molecular weight is 274 g/mol. The second kappa shape index (κ2) is 6.75. The molecule has 2 atom stereocenters. The molecule has 1 aromatic rings. The van der Waals surface area contributed by atoms with Gasteiger partial charge in [0.2, 0.25) is 0 Å². The Morgan fingerprint density at radius 3 is 2.35 bits per heavy atom. The van der Waals surface area contributed by atoms with Crippen LogP contribution in [0.3, 0.4) is 0 Å². The van der Waals surface area contributed by atoms with Crippen molar-refractivity contribution in [1.82, 2.24) is 15.5 Å². The van der Waals surface area contributed by atoms with Gasteiger partial charge in [0.15, 0.2) is 5.96 Å². The van der Waals surface area contributed by atoms with Crippen molar-refractivity contribution in [3.63, 3.8) is 0 Å². The van der Waals surface area contributed by atoms with E-state index in [2.05, 4.69) is 65.8 Å². The fourth-order valence-corrected chi connectivity index (χ4v) is 2.21. The van der Waals surface area contributed by atoms with Gasteiger partial charge in [-0.1, -0.05) is 31.2 Å². The first kappa shape index (κ1) is 14.9. The molecular weight excluding hydrogens is 248 g/mol. The molecule has 4 nitrogen and oxygen atoms in total. The lowest BCUT2D eigenvalue weighted by molar-refractivity contribution is 0.402. The number of hydrogen-bond acceptors (Lipinski definition) is 2. The van der Waals surface area contributed by atoms with Crippen molar-refractivity contribution in [2.45, 2.75) is 32.5 Å². The highest BCUT2D eigenvalue weighted by Gasteiger charge is 2.33. The van der Waals surface area contributed by atoms with Gasteiger partial charge in [-0.3, -0.25) is 4.99 Å². The quantitative estimate of drug-likeness (QED) is 0.635. The standard InChI is InChI=1S/C16H26N4/c1-12-9-15(12)19-16(17-2)18-10-13-5-7-14(8-6-13)11-20(3)4/h5-8,12,15H,9-11H2,1-4H3,(H2,17,18,19). The molecule has 20 heavy (non-hydrogen) atoms. The molecule has 2 N–H and O–H groups in total. The summed E-state index contributed by atoms with van der Waals surface area (Å²) in [5.41, 5.74) is 2.62. The van der Waals surface area contributed by atoms with Crippen LogP contribution < -0.4 is 10.6 Å². The molecular formula is C16H26N4. The lowest BCUT2D eigenvalue weighted by Gasteiger charge is -2.13. The van der Waals surface area contributed by atoms with Crippen LogP contribution in [0.25, 0.3) is 0 Å². The molecule has 0 bridgehead atoms. The van der Waals surface area contributed by atoms with Crippen LogP contribution in [0.2, 0.25) is 0 Å². The predicted octanol–water partition coefficient (Wildman–Crippen LogP) is 1.82. The third-order valence-electron chi connectivity index (χ3n) is 3.64. The zero-order valence-electron chi connectivity index (χ0n) is 13.0. The van der Waals surface area contributed by atoms with Gasteiger partial charge in [-0.15, -0.1) is 0 Å². The van der Waals surface area contributed by atoms with Crippen LogP contribution in [0, 0.1) is 5.92 Å². The molecule has 1 aliphatic carbocycles. The highest BCUT2D eigenvalue weighted by Crippen LogP contribution is 2.28. The van der Waals surface area contributed by atoms with E-state index in [-0.39, 0.29) is 0 Å². The molecule has 2 rings (SSSR count). The molecule has 0 heterocycles. The number of nitrogens with zero attached hydrogens (tertiary/aromatic N) is 2. The van der Waals surface area contributed by atoms with Crippen LogP contribution in [0.4, 0.5) is 0 Å². The molecule has 1 aliphatic rings. The zero-order valence-corrected chi connectivity index (χ0v) is 13.0. The molecule has 110 valence electrons. The van der Waals surface area contributed by atoms with Gasteiger partial charge in [-0.05, 0) is 37.6 Å². The van der Waals surface area contributed by atoms with Crippen molar-refractivity contribution in [3.8, 4) is 0 Å². The maximum atomic E-state index is 4.26. The Morgan fingerprint density at radius 1 is 1.25 bits per heavy atom. The van der Waals surface area contributed by atoms with Crippen LogP contribution in [-0.2, 0) is 13.1 Å². The summed E-state index contributed by atoms with van der Waals surface area (Å²) in [7, 11) is 6.00. The molecule has 0 aliphatic heterocycles. The number of rotatable bonds is 5. The Morgan fingerprint density at radius 2 is 1.85 bits per heavy atom. The second-order valence-electron chi connectivity index (χ2n) is 5.94. The normalized spacial score (nSPS) is 21.9. The number of guanidine groups is 1. The Balaban J connectivity index is 1.80. The zero-order chi connectivity index (χ0) is 14.5. The van der Waals surface area contributed by atoms with Crippen molar-refractivity contribution in [2.24, 2.45) is 10.9 Å². The van der Waals surface area contributed by atoms with Gasteiger partial charge in [0, 0.05) is 26.2 Å². The maximum Gasteiger partial charge on any atom is 0.191 e. The Labute approximate surface area is 122 Å². The predicted molar refractivity (Wildman–Crippen MR) is 84.7 cm³/mol. The van der Waals surface area contributed by atoms with E-state index in [1.807, 2.05) is 7.05 Å². The number of aliphatic imine (C=N–C) groups is 1. The minimum Gasteiger partial charge on any atom is -0.353 e. The number of benzene rings is 1. The van der Waals surface area contributed by atoms with Crippen molar-refractivity contribution < 1.29 is 0 Å². The van der Waals surface area contributed by atoms with Crippen LogP contribution in [0.1, 0.15) is 24.5 Å². The monoisotopic (exact) mass is 274 g/mol. The summed E-state index contributed by atoms with van der Waals surface area (Å²) in [6.45, 7) is 4.05. The Bertz CT molecular complexity index is 450. The molecule has 4 heteroatoms. The lowest BCUT2D eigenvalue weighted by Crippen LogP contribution is -2.38. The molecule has 0 radical (unpaired) electrons. The van der Waals surface area contributed by atoms with Gasteiger partial charge in [-0.2, -0.15) is 0 Å². The molecule has 1 aromatic carbocycles. The first-order chi connectivity index (χ1) is 9.58. The van der Waals surface area contributed by atoms with E-state index in [1.165, 1.54) is 17.5 Å². The molecule has 2 unspecified atom stereocenters. The van der Waals surface area contributed by atoms with Gasteiger partial charge >= 0.3 is 0 Å². The average Bonchev–Trinajstić information content (AvgIpc) is 3.11. The molecule has 1 saturated carbocycles. The van der Waals surface area contributed by atoms with Crippen molar-refractivity contribution in [1.29, 1.82) is 0 Å². The summed E-state index contributed by atoms with van der Waals surface area (Å²) in [6.07, 6.45) is 1.25. The summed E-state index contributed by atoms with van der Waals surface area (Å²) in [5.74, 6) is 1.68. The minimum absolute atomic E-state index is 0.601. The number of nitrogens with one attached hydrogen (secondary N) is 2. The Hall–Kier alpha value is -1.55. The van der Waals surface area contributed by atoms with E-state index in [0.29, 0.717) is 6.04 Å². The van der Waals surface area contributed by atoms with E-state index in [0.717, 1.165) is 25.0 Å². The lowest BCUT2D eigenvalue weighted by atomic mass is 10.1. The van der Waals surface area contributed by atoms with Gasteiger partial charge < -0.3 is 15.5 Å². The first-order valence-electron chi connectivity index (χ1n) is 7.28. The Kier molecular flexibility index (Phi) is 5.01. The van der Waals surface area contributed by atoms with Gasteiger partial charge in [-0.25, -0.2) is 0 Å². The van der Waals surface area contributed by atoms with Crippen LogP contribution in [0.5, 0.6) is 0 Å². The fourth-order valence-electron chi connectivity index (χ4n) is 2.21. The summed E-state index contributed by atoms with van der Waals surface area (Å²) in [6, 6.07) is 9.34. The molecule has 0 amide bonds. The highest BCUT2D eigenvalue weighted by atomic mass is 15.2. The van der Waals surface area contributed by atoms with E-state index in [4.69, 9.17) is 0 Å². The fraction of sp³-hybridized carbons (Fsp3) is 0.562. The third kappa shape index (κ3) is 4.53. The van der Waals surface area contributed by atoms with Crippen molar-refractivity contribution >= 4 is 5.96 Å². The molecule has 0 aromatic heterocycles. The summed E-state index contributed by atoms with van der Waals surface area (Å²) in [5, 5.41) is 6.80. The molecule has 1 fully saturated rings. The van der Waals surface area contributed by atoms with Crippen LogP contribution in [-0.4, -0.2) is 38.0 Å². The summed E-state index contributed by atoms with van der Waals surface area (Å²) < 4.78 is 0. The van der Waals surface area contributed by atoms with E-state index in [9.17, 15) is 0 Å².